The van der Waals surface area contributed by atoms with E-state index in [0.29, 0.717) is 0 Å². The Labute approximate surface area is 129 Å². The van der Waals surface area contributed by atoms with Gasteiger partial charge in [-0.05, 0) is 29.7 Å². The van der Waals surface area contributed by atoms with Gasteiger partial charge in [0.15, 0.2) is 0 Å². The summed E-state index contributed by atoms with van der Waals surface area (Å²) in [5.41, 5.74) is 1.72. The molecule has 4 nitrogen and oxygen atoms in total. The van der Waals surface area contributed by atoms with Gasteiger partial charge in [-0.25, -0.2) is 9.78 Å². The molecule has 2 aromatic carbocycles. The van der Waals surface area contributed by atoms with Crippen LogP contribution in [0.2, 0.25) is 0 Å². The van der Waals surface area contributed by atoms with E-state index in [1.54, 1.807) is 6.07 Å². The smallest absolute Gasteiger partial charge is 0.354 e. The van der Waals surface area contributed by atoms with Crippen LogP contribution in [0.25, 0.3) is 10.8 Å². The number of hydrogen-bond acceptors (Lipinski definition) is 3. The van der Waals surface area contributed by atoms with Crippen molar-refractivity contribution in [3.63, 3.8) is 0 Å². The molecule has 0 aliphatic heterocycles. The number of nitrogens with zero attached hydrogens (tertiary/aromatic N) is 1. The lowest BCUT2D eigenvalue weighted by atomic mass is 10.1. The van der Waals surface area contributed by atoms with Gasteiger partial charge in [0.25, 0.3) is 0 Å². The van der Waals surface area contributed by atoms with Gasteiger partial charge in [0.1, 0.15) is 5.69 Å². The number of hydrogen-bond donors (Lipinski definition) is 2. The van der Waals surface area contributed by atoms with Crippen LogP contribution in [0, 0.1) is 0 Å². The molecule has 0 aliphatic carbocycles. The normalized spacial score (nSPS) is 10.5. The third kappa shape index (κ3) is 2.73. The summed E-state index contributed by atoms with van der Waals surface area (Å²) in [6, 6.07) is 15.2. The van der Waals surface area contributed by atoms with Crippen molar-refractivity contribution in [2.24, 2.45) is 0 Å². The molecule has 2 N–H and O–H groups in total. The summed E-state index contributed by atoms with van der Waals surface area (Å²) < 4.78 is 1.03. The number of nitrogens with one attached hydrogen (secondary N) is 1. The van der Waals surface area contributed by atoms with Crippen LogP contribution >= 0.6 is 15.9 Å². The molecule has 104 valence electrons. The van der Waals surface area contributed by atoms with Crippen molar-refractivity contribution in [3.8, 4) is 0 Å². The fourth-order valence-electron chi connectivity index (χ4n) is 2.12. The summed E-state index contributed by atoms with van der Waals surface area (Å²) in [6.45, 7) is 0. The number of anilines is 2. The van der Waals surface area contributed by atoms with Gasteiger partial charge in [-0.15, -0.1) is 0 Å². The Kier molecular flexibility index (Phi) is 3.58. The first-order chi connectivity index (χ1) is 10.1. The molecule has 21 heavy (non-hydrogen) atoms. The topological polar surface area (TPSA) is 62.2 Å². The number of halogens is 1. The number of aromatic nitrogens is 1. The molecule has 0 unspecified atom stereocenters. The Morgan fingerprint density at radius 3 is 2.48 bits per heavy atom. The Morgan fingerprint density at radius 1 is 1.05 bits per heavy atom. The minimum absolute atomic E-state index is 0.0289. The third-order valence-corrected chi connectivity index (χ3v) is 3.82. The summed E-state index contributed by atoms with van der Waals surface area (Å²) in [5.74, 6) is -1.03. The molecule has 0 amide bonds. The number of fused-ring (bicyclic) bond motifs is 1. The van der Waals surface area contributed by atoms with Gasteiger partial charge < -0.3 is 10.4 Å². The quantitative estimate of drug-likeness (QED) is 0.738. The standard InChI is InChI=1S/C16H11BrN2O2/c17-13-6-8-14(12-4-2-1-3-11(12)13)19-10-5-7-15(16(20)21)18-9-10/h1-9,19H,(H,20,21). The van der Waals surface area contributed by atoms with Gasteiger partial charge in [-0.3, -0.25) is 0 Å². The average Bonchev–Trinajstić information content (AvgIpc) is 2.51. The maximum absolute atomic E-state index is 10.8. The number of benzene rings is 2. The molecule has 3 rings (SSSR count). The molecular weight excluding hydrogens is 332 g/mol. The second kappa shape index (κ2) is 5.54. The third-order valence-electron chi connectivity index (χ3n) is 3.13. The molecule has 0 fully saturated rings. The van der Waals surface area contributed by atoms with Crippen LogP contribution in [0.15, 0.2) is 59.2 Å². The lowest BCUT2D eigenvalue weighted by Gasteiger charge is -2.11. The Bertz CT molecular complexity index is 816. The van der Waals surface area contributed by atoms with Crippen LogP contribution in [0.1, 0.15) is 10.5 Å². The predicted molar refractivity (Wildman–Crippen MR) is 86.1 cm³/mol. The predicted octanol–water partition coefficient (Wildman–Crippen LogP) is 4.44. The number of carbonyl (C=O) groups is 1. The van der Waals surface area contributed by atoms with E-state index in [4.69, 9.17) is 5.11 Å². The van der Waals surface area contributed by atoms with Gasteiger partial charge >= 0.3 is 5.97 Å². The highest BCUT2D eigenvalue weighted by molar-refractivity contribution is 9.10. The van der Waals surface area contributed by atoms with Crippen LogP contribution in [-0.2, 0) is 0 Å². The number of pyridine rings is 1. The number of rotatable bonds is 3. The van der Waals surface area contributed by atoms with Gasteiger partial charge in [0, 0.05) is 15.5 Å². The van der Waals surface area contributed by atoms with E-state index in [9.17, 15) is 4.79 Å². The average molecular weight is 343 g/mol. The van der Waals surface area contributed by atoms with Crippen LogP contribution < -0.4 is 5.32 Å². The number of carboxylic acids is 1. The van der Waals surface area contributed by atoms with Crippen molar-refractivity contribution >= 4 is 44.0 Å². The van der Waals surface area contributed by atoms with Crippen molar-refractivity contribution < 1.29 is 9.90 Å². The highest BCUT2D eigenvalue weighted by Gasteiger charge is 2.06. The molecule has 1 aromatic heterocycles. The van der Waals surface area contributed by atoms with Crippen molar-refractivity contribution in [2.75, 3.05) is 5.32 Å². The molecular formula is C16H11BrN2O2. The maximum Gasteiger partial charge on any atom is 0.354 e. The van der Waals surface area contributed by atoms with Crippen LogP contribution in [0.4, 0.5) is 11.4 Å². The minimum Gasteiger partial charge on any atom is -0.477 e. The van der Waals surface area contributed by atoms with Crippen LogP contribution in [-0.4, -0.2) is 16.1 Å². The number of carboxylic acid groups (broad SMARTS) is 1. The fourth-order valence-corrected chi connectivity index (χ4v) is 2.60. The highest BCUT2D eigenvalue weighted by atomic mass is 79.9. The summed E-state index contributed by atoms with van der Waals surface area (Å²) >= 11 is 3.54. The minimum atomic E-state index is -1.03. The number of aromatic carboxylic acids is 1. The first-order valence-corrected chi connectivity index (χ1v) is 7.08. The van der Waals surface area contributed by atoms with Gasteiger partial charge in [0.2, 0.25) is 0 Å². The first kappa shape index (κ1) is 13.6. The maximum atomic E-state index is 10.8. The SMILES string of the molecule is O=C(O)c1ccc(Nc2ccc(Br)c3ccccc23)cn1. The largest absolute Gasteiger partial charge is 0.477 e. The van der Waals surface area contributed by atoms with Crippen molar-refractivity contribution in [1.82, 2.24) is 4.98 Å². The zero-order valence-corrected chi connectivity index (χ0v) is 12.5. The Hall–Kier alpha value is -2.40. The van der Waals surface area contributed by atoms with E-state index in [2.05, 4.69) is 26.2 Å². The van der Waals surface area contributed by atoms with Gasteiger partial charge in [-0.2, -0.15) is 0 Å². The lowest BCUT2D eigenvalue weighted by molar-refractivity contribution is 0.0690. The molecule has 0 spiro atoms. The van der Waals surface area contributed by atoms with E-state index in [0.717, 1.165) is 26.6 Å². The van der Waals surface area contributed by atoms with Crippen LogP contribution in [0.5, 0.6) is 0 Å². The molecule has 0 bridgehead atoms. The van der Waals surface area contributed by atoms with E-state index >= 15 is 0 Å². The van der Waals surface area contributed by atoms with Crippen molar-refractivity contribution in [3.05, 3.63) is 64.9 Å². The molecule has 0 radical (unpaired) electrons. The second-order valence-corrected chi connectivity index (χ2v) is 5.36. The summed E-state index contributed by atoms with van der Waals surface area (Å²) in [4.78, 5) is 14.7. The first-order valence-electron chi connectivity index (χ1n) is 6.29. The molecule has 0 saturated carbocycles. The lowest BCUT2D eigenvalue weighted by Crippen LogP contribution is -2.00. The summed E-state index contributed by atoms with van der Waals surface area (Å²) in [5, 5.41) is 14.3. The van der Waals surface area contributed by atoms with Crippen molar-refractivity contribution in [2.45, 2.75) is 0 Å². The second-order valence-electron chi connectivity index (χ2n) is 4.50. The zero-order chi connectivity index (χ0) is 14.8. The molecule has 3 aromatic rings. The van der Waals surface area contributed by atoms with Gasteiger partial charge in [0.05, 0.1) is 11.9 Å². The van der Waals surface area contributed by atoms with Crippen LogP contribution in [0.3, 0.4) is 0 Å². The van der Waals surface area contributed by atoms with Gasteiger partial charge in [-0.1, -0.05) is 40.2 Å². The monoisotopic (exact) mass is 342 g/mol. The molecule has 0 aliphatic rings. The fraction of sp³-hybridized carbons (Fsp3) is 0. The zero-order valence-electron chi connectivity index (χ0n) is 10.9. The van der Waals surface area contributed by atoms with E-state index < -0.39 is 5.97 Å². The highest BCUT2D eigenvalue weighted by Crippen LogP contribution is 2.31. The summed E-state index contributed by atoms with van der Waals surface area (Å²) in [7, 11) is 0. The van der Waals surface area contributed by atoms with E-state index in [1.165, 1.54) is 12.3 Å². The molecule has 1 heterocycles. The Morgan fingerprint density at radius 2 is 1.81 bits per heavy atom. The Balaban J connectivity index is 1.98. The molecule has 0 saturated heterocycles. The summed E-state index contributed by atoms with van der Waals surface area (Å²) in [6.07, 6.45) is 1.51. The molecule has 5 heteroatoms. The van der Waals surface area contributed by atoms with E-state index in [-0.39, 0.29) is 5.69 Å². The van der Waals surface area contributed by atoms with E-state index in [1.807, 2.05) is 36.4 Å². The molecule has 0 atom stereocenters. The van der Waals surface area contributed by atoms with Crippen molar-refractivity contribution in [1.29, 1.82) is 0 Å².